The Hall–Kier alpha value is -0.950. The molecule has 90 valence electrons. The molecule has 6 heteroatoms. The van der Waals surface area contributed by atoms with Crippen molar-refractivity contribution in [3.8, 4) is 0 Å². The van der Waals surface area contributed by atoms with Gasteiger partial charge in [-0.05, 0) is 19.1 Å². The molecule has 0 bridgehead atoms. The van der Waals surface area contributed by atoms with Gasteiger partial charge < -0.3 is 15.3 Å². The number of hydrogen-bond acceptors (Lipinski definition) is 5. The summed E-state index contributed by atoms with van der Waals surface area (Å²) in [5.74, 6) is 0. The molecule has 0 aliphatic carbocycles. The van der Waals surface area contributed by atoms with Crippen molar-refractivity contribution in [2.45, 2.75) is 23.4 Å². The van der Waals surface area contributed by atoms with E-state index >= 15 is 0 Å². The van der Waals surface area contributed by atoms with Crippen molar-refractivity contribution < 1.29 is 23.7 Å². The predicted molar refractivity (Wildman–Crippen MR) is 57.5 cm³/mol. The second kappa shape index (κ2) is 4.92. The largest absolute Gasteiger partial charge is 0.394 e. The number of rotatable bonds is 4. The van der Waals surface area contributed by atoms with Crippen molar-refractivity contribution in [3.05, 3.63) is 29.8 Å². The van der Waals surface area contributed by atoms with E-state index < -0.39 is 28.0 Å². The Morgan fingerprint density at radius 1 is 1.19 bits per heavy atom. The second-order valence-electron chi connectivity index (χ2n) is 3.50. The Morgan fingerprint density at radius 3 is 2.12 bits per heavy atom. The van der Waals surface area contributed by atoms with Crippen molar-refractivity contribution in [3.63, 3.8) is 0 Å². The molecule has 3 N–H and O–H groups in total. The van der Waals surface area contributed by atoms with Crippen molar-refractivity contribution in [2.24, 2.45) is 0 Å². The third kappa shape index (κ3) is 2.59. The minimum Gasteiger partial charge on any atom is -0.394 e. The van der Waals surface area contributed by atoms with Crippen molar-refractivity contribution >= 4 is 9.84 Å². The molecule has 0 heterocycles. The first-order valence-corrected chi connectivity index (χ1v) is 6.22. The van der Waals surface area contributed by atoms with Gasteiger partial charge in [0.1, 0.15) is 6.10 Å². The van der Waals surface area contributed by atoms with Gasteiger partial charge in [-0.3, -0.25) is 0 Å². The number of sulfone groups is 1. The van der Waals surface area contributed by atoms with Crippen LogP contribution in [-0.2, 0) is 9.84 Å². The summed E-state index contributed by atoms with van der Waals surface area (Å²) in [5, 5.41) is 27.1. The summed E-state index contributed by atoms with van der Waals surface area (Å²) in [6.07, 6.45) is -1.70. The van der Waals surface area contributed by atoms with Gasteiger partial charge in [0.2, 0.25) is 9.84 Å². The molecule has 0 radical (unpaired) electrons. The van der Waals surface area contributed by atoms with E-state index in [2.05, 4.69) is 0 Å². The van der Waals surface area contributed by atoms with Gasteiger partial charge in [0.05, 0.1) is 11.5 Å². The summed E-state index contributed by atoms with van der Waals surface area (Å²) in [7, 11) is -4.02. The summed E-state index contributed by atoms with van der Waals surface area (Å²) in [5.41, 5.74) is -1.13. The van der Waals surface area contributed by atoms with E-state index in [4.69, 9.17) is 10.2 Å². The van der Waals surface area contributed by atoms with Gasteiger partial charge in [-0.25, -0.2) is 8.42 Å². The molecular weight excluding hydrogens is 232 g/mol. The summed E-state index contributed by atoms with van der Waals surface area (Å²) >= 11 is 0. The van der Waals surface area contributed by atoms with E-state index in [0.717, 1.165) is 5.56 Å². The van der Waals surface area contributed by atoms with Crippen LogP contribution in [0, 0.1) is 6.92 Å². The Morgan fingerprint density at radius 2 is 1.69 bits per heavy atom. The quantitative estimate of drug-likeness (QED) is 0.662. The lowest BCUT2D eigenvalue weighted by atomic mass is 10.2. The summed E-state index contributed by atoms with van der Waals surface area (Å²) in [4.78, 5) is -0.0851. The van der Waals surface area contributed by atoms with Crippen LogP contribution in [0.15, 0.2) is 29.2 Å². The molecule has 0 aliphatic rings. The van der Waals surface area contributed by atoms with Crippen LogP contribution in [0.5, 0.6) is 0 Å². The maximum absolute atomic E-state index is 11.7. The third-order valence-electron chi connectivity index (χ3n) is 2.18. The number of hydrogen-bond donors (Lipinski definition) is 3. The smallest absolute Gasteiger partial charge is 0.207 e. The molecule has 16 heavy (non-hydrogen) atoms. The molecule has 1 rings (SSSR count). The fourth-order valence-electron chi connectivity index (χ4n) is 1.16. The Kier molecular flexibility index (Phi) is 4.03. The molecule has 0 aromatic heterocycles. The van der Waals surface area contributed by atoms with Crippen LogP contribution in [0.4, 0.5) is 0 Å². The second-order valence-corrected chi connectivity index (χ2v) is 5.54. The molecule has 0 spiro atoms. The highest BCUT2D eigenvalue weighted by Crippen LogP contribution is 2.17. The SMILES string of the molecule is Cc1ccc(S(=O)(=O)C(O)C(O)CO)cc1. The highest BCUT2D eigenvalue weighted by Gasteiger charge is 2.31. The molecule has 5 nitrogen and oxygen atoms in total. The molecule has 0 saturated carbocycles. The molecule has 1 aromatic rings. The lowest BCUT2D eigenvalue weighted by Gasteiger charge is -2.16. The molecule has 0 saturated heterocycles. The average Bonchev–Trinajstić information content (AvgIpc) is 2.27. The standard InChI is InChI=1S/C10H14O5S/c1-7-2-4-8(5-3-7)16(14,15)10(13)9(12)6-11/h2-5,9-13H,6H2,1H3. The molecule has 1 aromatic carbocycles. The normalized spacial score (nSPS) is 15.8. The number of benzene rings is 1. The van der Waals surface area contributed by atoms with Gasteiger partial charge >= 0.3 is 0 Å². The van der Waals surface area contributed by atoms with Crippen LogP contribution in [0.1, 0.15) is 5.56 Å². The fraction of sp³-hybridized carbons (Fsp3) is 0.400. The van der Waals surface area contributed by atoms with Crippen LogP contribution in [0.3, 0.4) is 0 Å². The summed E-state index contributed by atoms with van der Waals surface area (Å²) in [6, 6.07) is 5.87. The van der Waals surface area contributed by atoms with Crippen molar-refractivity contribution in [1.29, 1.82) is 0 Å². The highest BCUT2D eigenvalue weighted by molar-refractivity contribution is 7.92. The monoisotopic (exact) mass is 246 g/mol. The van der Waals surface area contributed by atoms with Crippen LogP contribution in [0.25, 0.3) is 0 Å². The summed E-state index contributed by atoms with van der Waals surface area (Å²) < 4.78 is 23.4. The van der Waals surface area contributed by atoms with E-state index in [1.807, 2.05) is 0 Å². The zero-order valence-corrected chi connectivity index (χ0v) is 9.55. The zero-order chi connectivity index (χ0) is 12.3. The van der Waals surface area contributed by atoms with Gasteiger partial charge in [-0.15, -0.1) is 0 Å². The highest BCUT2D eigenvalue weighted by atomic mass is 32.2. The van der Waals surface area contributed by atoms with Crippen LogP contribution in [-0.4, -0.2) is 41.9 Å². The third-order valence-corrected chi connectivity index (χ3v) is 4.06. The van der Waals surface area contributed by atoms with Crippen LogP contribution in [0.2, 0.25) is 0 Å². The molecule has 2 atom stereocenters. The van der Waals surface area contributed by atoms with Gasteiger partial charge in [0, 0.05) is 0 Å². The molecule has 0 fully saturated rings. The molecular formula is C10H14O5S. The molecule has 0 amide bonds. The molecule has 2 unspecified atom stereocenters. The minimum absolute atomic E-state index is 0.0851. The first-order valence-electron chi connectivity index (χ1n) is 4.67. The van der Waals surface area contributed by atoms with E-state index in [1.165, 1.54) is 12.1 Å². The van der Waals surface area contributed by atoms with E-state index in [-0.39, 0.29) is 4.90 Å². The lowest BCUT2D eigenvalue weighted by molar-refractivity contribution is 0.0241. The Labute approximate surface area is 93.9 Å². The number of aliphatic hydroxyl groups excluding tert-OH is 3. The van der Waals surface area contributed by atoms with E-state index in [9.17, 15) is 13.5 Å². The maximum Gasteiger partial charge on any atom is 0.207 e. The number of aryl methyl sites for hydroxylation is 1. The fourth-order valence-corrected chi connectivity index (χ4v) is 2.46. The van der Waals surface area contributed by atoms with Crippen molar-refractivity contribution in [1.82, 2.24) is 0 Å². The van der Waals surface area contributed by atoms with Gasteiger partial charge in [-0.1, -0.05) is 17.7 Å². The number of aliphatic hydroxyl groups is 3. The first-order chi connectivity index (χ1) is 7.39. The van der Waals surface area contributed by atoms with Gasteiger partial charge in [0.25, 0.3) is 0 Å². The van der Waals surface area contributed by atoms with Gasteiger partial charge in [-0.2, -0.15) is 0 Å². The zero-order valence-electron chi connectivity index (χ0n) is 8.74. The minimum atomic E-state index is -4.02. The van der Waals surface area contributed by atoms with Crippen LogP contribution >= 0.6 is 0 Å². The first kappa shape index (κ1) is 13.1. The maximum atomic E-state index is 11.7. The lowest BCUT2D eigenvalue weighted by Crippen LogP contribution is -2.36. The topological polar surface area (TPSA) is 94.8 Å². The molecule has 0 aliphatic heterocycles. The van der Waals surface area contributed by atoms with Crippen molar-refractivity contribution in [2.75, 3.05) is 6.61 Å². The average molecular weight is 246 g/mol. The Bertz CT molecular complexity index is 437. The predicted octanol–water partition coefficient (Wildman–Crippen LogP) is -0.560. The Balaban J connectivity index is 3.07. The van der Waals surface area contributed by atoms with E-state index in [1.54, 1.807) is 19.1 Å². The summed E-state index contributed by atoms with van der Waals surface area (Å²) in [6.45, 7) is 0.988. The van der Waals surface area contributed by atoms with E-state index in [0.29, 0.717) is 0 Å². The van der Waals surface area contributed by atoms with Gasteiger partial charge in [0.15, 0.2) is 5.44 Å². The van der Waals surface area contributed by atoms with Crippen LogP contribution < -0.4 is 0 Å².